The zero-order valence-electron chi connectivity index (χ0n) is 13.2. The molecule has 118 valence electrons. The lowest BCUT2D eigenvalue weighted by Gasteiger charge is -2.39. The number of hydrogen-bond donors (Lipinski definition) is 1. The van der Waals surface area contributed by atoms with Crippen molar-refractivity contribution in [3.8, 4) is 0 Å². The van der Waals surface area contributed by atoms with Crippen molar-refractivity contribution < 1.29 is 0 Å². The molecular weight excluding hydrogens is 286 g/mol. The SMILES string of the molecule is CC(C)Cn1ccnc(NC2(CCl)CCC(C)CC2)c1=O. The molecule has 0 aliphatic heterocycles. The van der Waals surface area contributed by atoms with Gasteiger partial charge in [-0.15, -0.1) is 11.6 Å². The maximum Gasteiger partial charge on any atom is 0.293 e. The smallest absolute Gasteiger partial charge is 0.293 e. The van der Waals surface area contributed by atoms with Gasteiger partial charge in [0.25, 0.3) is 5.56 Å². The number of nitrogens with zero attached hydrogens (tertiary/aromatic N) is 2. The molecule has 0 saturated heterocycles. The van der Waals surface area contributed by atoms with E-state index in [4.69, 9.17) is 11.6 Å². The predicted molar refractivity (Wildman–Crippen MR) is 88.0 cm³/mol. The second-order valence-electron chi connectivity index (χ2n) is 6.85. The molecule has 1 aliphatic rings. The molecule has 2 rings (SSSR count). The number of alkyl halides is 1. The Hall–Kier alpha value is -1.03. The topological polar surface area (TPSA) is 46.9 Å². The van der Waals surface area contributed by atoms with Crippen LogP contribution in [-0.2, 0) is 6.54 Å². The van der Waals surface area contributed by atoms with Crippen LogP contribution in [0.3, 0.4) is 0 Å². The molecule has 4 nitrogen and oxygen atoms in total. The van der Waals surface area contributed by atoms with Gasteiger partial charge in [-0.3, -0.25) is 4.79 Å². The van der Waals surface area contributed by atoms with Gasteiger partial charge in [0.2, 0.25) is 0 Å². The molecular formula is C16H26ClN3O. The van der Waals surface area contributed by atoms with Gasteiger partial charge in [0.05, 0.1) is 5.54 Å². The Bertz CT molecular complexity index is 518. The Morgan fingerprint density at radius 3 is 2.71 bits per heavy atom. The lowest BCUT2D eigenvalue weighted by Crippen LogP contribution is -2.45. The molecule has 0 amide bonds. The van der Waals surface area contributed by atoms with Crippen LogP contribution in [0.25, 0.3) is 0 Å². The van der Waals surface area contributed by atoms with Crippen LogP contribution in [0.15, 0.2) is 17.2 Å². The largest absolute Gasteiger partial charge is 0.359 e. The zero-order valence-corrected chi connectivity index (χ0v) is 14.0. The average molecular weight is 312 g/mol. The second-order valence-corrected chi connectivity index (χ2v) is 7.12. The highest BCUT2D eigenvalue weighted by molar-refractivity contribution is 6.18. The van der Waals surface area contributed by atoms with E-state index in [9.17, 15) is 4.79 Å². The Morgan fingerprint density at radius 2 is 2.14 bits per heavy atom. The Labute approximate surface area is 131 Å². The molecule has 1 N–H and O–H groups in total. The van der Waals surface area contributed by atoms with Gasteiger partial charge in [0.1, 0.15) is 0 Å². The molecule has 1 aromatic rings. The highest BCUT2D eigenvalue weighted by Gasteiger charge is 2.34. The quantitative estimate of drug-likeness (QED) is 0.847. The van der Waals surface area contributed by atoms with Gasteiger partial charge in [-0.1, -0.05) is 20.8 Å². The van der Waals surface area contributed by atoms with Crippen molar-refractivity contribution in [3.05, 3.63) is 22.7 Å². The minimum Gasteiger partial charge on any atom is -0.359 e. The molecule has 21 heavy (non-hydrogen) atoms. The van der Waals surface area contributed by atoms with E-state index in [1.807, 2.05) is 0 Å². The van der Waals surface area contributed by atoms with Crippen LogP contribution in [-0.4, -0.2) is 21.0 Å². The summed E-state index contributed by atoms with van der Waals surface area (Å²) >= 11 is 6.21. The van der Waals surface area contributed by atoms with Crippen LogP contribution in [0.4, 0.5) is 5.82 Å². The lowest BCUT2D eigenvalue weighted by molar-refractivity contribution is 0.286. The van der Waals surface area contributed by atoms with Crippen LogP contribution in [0.1, 0.15) is 46.5 Å². The molecule has 0 spiro atoms. The van der Waals surface area contributed by atoms with Crippen molar-refractivity contribution in [1.82, 2.24) is 9.55 Å². The Morgan fingerprint density at radius 1 is 1.48 bits per heavy atom. The van der Waals surface area contributed by atoms with E-state index in [2.05, 4.69) is 31.1 Å². The molecule has 0 aromatic carbocycles. The lowest BCUT2D eigenvalue weighted by atomic mass is 9.78. The summed E-state index contributed by atoms with van der Waals surface area (Å²) in [5.41, 5.74) is -0.230. The molecule has 0 radical (unpaired) electrons. The van der Waals surface area contributed by atoms with Crippen molar-refractivity contribution in [1.29, 1.82) is 0 Å². The van der Waals surface area contributed by atoms with Crippen LogP contribution < -0.4 is 10.9 Å². The highest BCUT2D eigenvalue weighted by Crippen LogP contribution is 2.34. The number of anilines is 1. The van der Waals surface area contributed by atoms with Gasteiger partial charge in [0.15, 0.2) is 5.82 Å². The van der Waals surface area contributed by atoms with Gasteiger partial charge in [-0.05, 0) is 37.5 Å². The third-order valence-electron chi connectivity index (χ3n) is 4.35. The van der Waals surface area contributed by atoms with E-state index >= 15 is 0 Å². The van der Waals surface area contributed by atoms with E-state index in [1.54, 1.807) is 17.0 Å². The maximum absolute atomic E-state index is 12.5. The summed E-state index contributed by atoms with van der Waals surface area (Å²) in [5.74, 6) is 2.12. The molecule has 1 heterocycles. The summed E-state index contributed by atoms with van der Waals surface area (Å²) in [6.07, 6.45) is 7.73. The summed E-state index contributed by atoms with van der Waals surface area (Å²) < 4.78 is 1.73. The van der Waals surface area contributed by atoms with Crippen LogP contribution in [0.2, 0.25) is 0 Å². The predicted octanol–water partition coefficient (Wildman–Crippen LogP) is 3.50. The van der Waals surface area contributed by atoms with Crippen molar-refractivity contribution in [2.75, 3.05) is 11.2 Å². The Kier molecular flexibility index (Phi) is 5.31. The first kappa shape index (κ1) is 16.3. The molecule has 1 fully saturated rings. The number of aromatic nitrogens is 2. The summed E-state index contributed by atoms with van der Waals surface area (Å²) in [5, 5.41) is 3.37. The third kappa shape index (κ3) is 4.00. The third-order valence-corrected chi connectivity index (χ3v) is 4.86. The number of rotatable bonds is 5. The van der Waals surface area contributed by atoms with Gasteiger partial charge >= 0.3 is 0 Å². The van der Waals surface area contributed by atoms with E-state index in [0.717, 1.165) is 31.6 Å². The van der Waals surface area contributed by atoms with Crippen LogP contribution >= 0.6 is 11.6 Å². The molecule has 1 saturated carbocycles. The van der Waals surface area contributed by atoms with Crippen molar-refractivity contribution in [2.24, 2.45) is 11.8 Å². The first-order valence-electron chi connectivity index (χ1n) is 7.85. The number of nitrogens with one attached hydrogen (secondary N) is 1. The maximum atomic E-state index is 12.5. The summed E-state index contributed by atoms with van der Waals surface area (Å²) in [7, 11) is 0. The normalized spacial score (nSPS) is 26.0. The first-order chi connectivity index (χ1) is 9.96. The van der Waals surface area contributed by atoms with Gasteiger partial charge in [0, 0.05) is 24.8 Å². The van der Waals surface area contributed by atoms with Crippen molar-refractivity contribution >= 4 is 17.4 Å². The summed E-state index contributed by atoms with van der Waals surface area (Å²) in [4.78, 5) is 16.7. The summed E-state index contributed by atoms with van der Waals surface area (Å²) in [6, 6.07) is 0. The minimum atomic E-state index is -0.183. The van der Waals surface area contributed by atoms with Crippen molar-refractivity contribution in [3.63, 3.8) is 0 Å². The fourth-order valence-electron chi connectivity index (χ4n) is 2.93. The fraction of sp³-hybridized carbons (Fsp3) is 0.750. The average Bonchev–Trinajstić information content (AvgIpc) is 2.45. The molecule has 5 heteroatoms. The molecule has 1 aliphatic carbocycles. The highest BCUT2D eigenvalue weighted by atomic mass is 35.5. The van der Waals surface area contributed by atoms with Crippen LogP contribution in [0, 0.1) is 11.8 Å². The fourth-order valence-corrected chi connectivity index (χ4v) is 3.26. The van der Waals surface area contributed by atoms with Gasteiger partial charge in [-0.2, -0.15) is 0 Å². The van der Waals surface area contributed by atoms with Crippen LogP contribution in [0.5, 0.6) is 0 Å². The van der Waals surface area contributed by atoms with Crippen molar-refractivity contribution in [2.45, 2.75) is 58.5 Å². The minimum absolute atomic E-state index is 0.0469. The van der Waals surface area contributed by atoms with E-state index in [1.165, 1.54) is 0 Å². The second kappa shape index (κ2) is 6.82. The number of hydrogen-bond acceptors (Lipinski definition) is 3. The molecule has 0 atom stereocenters. The zero-order chi connectivity index (χ0) is 15.5. The molecule has 0 bridgehead atoms. The van der Waals surface area contributed by atoms with E-state index < -0.39 is 0 Å². The van der Waals surface area contributed by atoms with Gasteiger partial charge < -0.3 is 9.88 Å². The van der Waals surface area contributed by atoms with E-state index in [-0.39, 0.29) is 11.1 Å². The molecule has 0 unspecified atom stereocenters. The first-order valence-corrected chi connectivity index (χ1v) is 8.39. The molecule has 1 aromatic heterocycles. The Balaban J connectivity index is 2.20. The van der Waals surface area contributed by atoms with Gasteiger partial charge in [-0.25, -0.2) is 4.98 Å². The number of halogens is 1. The standard InChI is InChI=1S/C16H26ClN3O/c1-12(2)10-20-9-8-18-14(15(20)21)19-16(11-17)6-4-13(3)5-7-16/h8-9,12-13H,4-7,10-11H2,1-3H3,(H,18,19). The monoisotopic (exact) mass is 311 g/mol. The van der Waals surface area contributed by atoms with E-state index in [0.29, 0.717) is 24.2 Å². The summed E-state index contributed by atoms with van der Waals surface area (Å²) in [6.45, 7) is 7.18.